The van der Waals surface area contributed by atoms with Gasteiger partial charge in [0.15, 0.2) is 0 Å². The molecule has 36 heavy (non-hydrogen) atoms. The standard InChI is InChI=1S/C26H28F3N3O3S/c1-15(2)22(16-6-12-19(13-7-16)36-26(27,28)29)32-23(34)20-14-21(33)31-24(30-20)25(3,4)17-8-10-18(35-5)11-9-17/h6-15,22H,1-5H3,(H,32,34)(H,30,31,33)/t22-/m1/s1. The van der Waals surface area contributed by atoms with Crippen LogP contribution in [-0.2, 0) is 5.41 Å². The van der Waals surface area contributed by atoms with E-state index in [-0.39, 0.29) is 28.3 Å². The largest absolute Gasteiger partial charge is 0.497 e. The minimum atomic E-state index is -4.38. The van der Waals surface area contributed by atoms with E-state index in [4.69, 9.17) is 4.74 Å². The number of aromatic amines is 1. The number of alkyl halides is 3. The maximum atomic E-state index is 13.1. The number of methoxy groups -OCH3 is 1. The van der Waals surface area contributed by atoms with Gasteiger partial charge < -0.3 is 15.0 Å². The second-order valence-electron chi connectivity index (χ2n) is 9.14. The van der Waals surface area contributed by atoms with E-state index in [9.17, 15) is 22.8 Å². The normalized spacial score (nSPS) is 12.9. The first-order chi connectivity index (χ1) is 16.8. The van der Waals surface area contributed by atoms with Crippen LogP contribution in [0.4, 0.5) is 13.2 Å². The number of ether oxygens (including phenoxy) is 1. The molecule has 0 unspecified atom stereocenters. The Balaban J connectivity index is 1.86. The molecule has 1 aromatic heterocycles. The lowest BCUT2D eigenvalue weighted by atomic mass is 9.83. The Morgan fingerprint density at radius 1 is 1.06 bits per heavy atom. The smallest absolute Gasteiger partial charge is 0.446 e. The first kappa shape index (κ1) is 27.3. The first-order valence-corrected chi connectivity index (χ1v) is 12.0. The number of hydrogen-bond donors (Lipinski definition) is 2. The van der Waals surface area contributed by atoms with E-state index >= 15 is 0 Å². The van der Waals surface area contributed by atoms with Gasteiger partial charge in [0.2, 0.25) is 0 Å². The number of aromatic nitrogens is 2. The third kappa shape index (κ3) is 6.69. The van der Waals surface area contributed by atoms with E-state index in [0.717, 1.165) is 11.6 Å². The van der Waals surface area contributed by atoms with Gasteiger partial charge in [0.25, 0.3) is 11.5 Å². The van der Waals surface area contributed by atoms with Crippen molar-refractivity contribution in [1.82, 2.24) is 15.3 Å². The van der Waals surface area contributed by atoms with Crippen LogP contribution >= 0.6 is 11.8 Å². The van der Waals surface area contributed by atoms with Crippen molar-refractivity contribution in [3.63, 3.8) is 0 Å². The molecule has 0 aliphatic heterocycles. The average Bonchev–Trinajstić information content (AvgIpc) is 2.81. The van der Waals surface area contributed by atoms with Crippen molar-refractivity contribution in [2.45, 2.75) is 49.6 Å². The van der Waals surface area contributed by atoms with Crippen molar-refractivity contribution in [2.24, 2.45) is 5.92 Å². The minimum Gasteiger partial charge on any atom is -0.497 e. The van der Waals surface area contributed by atoms with E-state index in [2.05, 4.69) is 15.3 Å². The van der Waals surface area contributed by atoms with Crippen LogP contribution in [0.25, 0.3) is 0 Å². The summed E-state index contributed by atoms with van der Waals surface area (Å²) in [6.07, 6.45) is 0. The molecular weight excluding hydrogens is 491 g/mol. The molecule has 0 bridgehead atoms. The number of carbonyl (C=O) groups excluding carboxylic acids is 1. The first-order valence-electron chi connectivity index (χ1n) is 11.2. The fourth-order valence-electron chi connectivity index (χ4n) is 3.74. The summed E-state index contributed by atoms with van der Waals surface area (Å²) >= 11 is -0.197. The number of thioether (sulfide) groups is 1. The van der Waals surface area contributed by atoms with Gasteiger partial charge in [-0.05, 0) is 66.9 Å². The average molecular weight is 520 g/mol. The molecule has 1 atom stereocenters. The topological polar surface area (TPSA) is 84.1 Å². The number of nitrogens with zero attached hydrogens (tertiary/aromatic N) is 1. The van der Waals surface area contributed by atoms with Crippen molar-refractivity contribution >= 4 is 17.7 Å². The van der Waals surface area contributed by atoms with Crippen LogP contribution in [0.2, 0.25) is 0 Å². The predicted molar refractivity (Wildman–Crippen MR) is 133 cm³/mol. The van der Waals surface area contributed by atoms with E-state index in [1.807, 2.05) is 39.8 Å². The molecule has 0 fully saturated rings. The maximum Gasteiger partial charge on any atom is 0.446 e. The lowest BCUT2D eigenvalue weighted by molar-refractivity contribution is -0.0328. The highest BCUT2D eigenvalue weighted by atomic mass is 32.2. The highest BCUT2D eigenvalue weighted by Gasteiger charge is 2.30. The second-order valence-corrected chi connectivity index (χ2v) is 10.3. The molecule has 192 valence electrons. The van der Waals surface area contributed by atoms with Gasteiger partial charge in [-0.3, -0.25) is 9.59 Å². The highest BCUT2D eigenvalue weighted by molar-refractivity contribution is 8.00. The lowest BCUT2D eigenvalue weighted by Crippen LogP contribution is -2.34. The summed E-state index contributed by atoms with van der Waals surface area (Å²) < 4.78 is 43.1. The molecule has 0 saturated carbocycles. The molecule has 0 spiro atoms. The Bertz CT molecular complexity index is 1250. The SMILES string of the molecule is COc1ccc(C(C)(C)c2nc(C(=O)N[C@@H](c3ccc(SC(F)(F)F)cc3)C(C)C)cc(=O)[nH]2)cc1. The molecule has 2 N–H and O–H groups in total. The molecule has 0 aliphatic rings. The predicted octanol–water partition coefficient (Wildman–Crippen LogP) is 5.84. The molecule has 0 radical (unpaired) electrons. The number of benzene rings is 2. The van der Waals surface area contributed by atoms with Crippen molar-refractivity contribution in [1.29, 1.82) is 0 Å². The van der Waals surface area contributed by atoms with E-state index < -0.39 is 28.4 Å². The van der Waals surface area contributed by atoms with Crippen molar-refractivity contribution in [3.05, 3.63) is 87.6 Å². The van der Waals surface area contributed by atoms with Gasteiger partial charge in [0.1, 0.15) is 17.3 Å². The van der Waals surface area contributed by atoms with Gasteiger partial charge in [0, 0.05) is 16.4 Å². The van der Waals surface area contributed by atoms with Gasteiger partial charge in [-0.2, -0.15) is 13.2 Å². The molecule has 2 aromatic carbocycles. The number of nitrogens with one attached hydrogen (secondary N) is 2. The summed E-state index contributed by atoms with van der Waals surface area (Å²) in [5.74, 6) is 0.376. The van der Waals surface area contributed by atoms with Crippen molar-refractivity contribution in [2.75, 3.05) is 7.11 Å². The molecular formula is C26H28F3N3O3S. The number of hydrogen-bond acceptors (Lipinski definition) is 5. The zero-order valence-electron chi connectivity index (χ0n) is 20.6. The van der Waals surface area contributed by atoms with Crippen LogP contribution in [0.5, 0.6) is 5.75 Å². The molecule has 3 rings (SSSR count). The van der Waals surface area contributed by atoms with Crippen molar-refractivity contribution < 1.29 is 22.7 Å². The van der Waals surface area contributed by atoms with E-state index in [1.54, 1.807) is 31.4 Å². The zero-order chi connectivity index (χ0) is 26.7. The Labute approximate surface area is 211 Å². The van der Waals surface area contributed by atoms with Gasteiger partial charge in [-0.15, -0.1) is 0 Å². The lowest BCUT2D eigenvalue weighted by Gasteiger charge is -2.26. The van der Waals surface area contributed by atoms with Gasteiger partial charge in [0.05, 0.1) is 13.2 Å². The Kier molecular flexibility index (Phi) is 8.18. The fourth-order valence-corrected chi connectivity index (χ4v) is 4.28. The number of amides is 1. The van der Waals surface area contributed by atoms with Gasteiger partial charge in [-0.1, -0.05) is 38.1 Å². The summed E-state index contributed by atoms with van der Waals surface area (Å²) in [6, 6.07) is 13.8. The molecule has 6 nitrogen and oxygen atoms in total. The third-order valence-corrected chi connectivity index (χ3v) is 6.54. The Morgan fingerprint density at radius 3 is 2.19 bits per heavy atom. The molecule has 10 heteroatoms. The van der Waals surface area contributed by atoms with Crippen LogP contribution in [0.15, 0.2) is 64.3 Å². The number of carbonyl (C=O) groups is 1. The number of rotatable bonds is 8. The second kappa shape index (κ2) is 10.8. The summed E-state index contributed by atoms with van der Waals surface area (Å²) in [5.41, 5.74) is -4.11. The van der Waals surface area contributed by atoms with Crippen LogP contribution in [0.3, 0.4) is 0 Å². The highest BCUT2D eigenvalue weighted by Crippen LogP contribution is 2.37. The van der Waals surface area contributed by atoms with Crippen molar-refractivity contribution in [3.8, 4) is 5.75 Å². The zero-order valence-corrected chi connectivity index (χ0v) is 21.4. The molecule has 3 aromatic rings. The quantitative estimate of drug-likeness (QED) is 0.365. The van der Waals surface area contributed by atoms with Crippen LogP contribution in [-0.4, -0.2) is 28.5 Å². The van der Waals surface area contributed by atoms with Gasteiger partial charge in [-0.25, -0.2) is 4.98 Å². The van der Waals surface area contributed by atoms with Crippen LogP contribution < -0.4 is 15.6 Å². The Hall–Kier alpha value is -3.27. The summed E-state index contributed by atoms with van der Waals surface area (Å²) in [5, 5.41) is 2.88. The molecule has 1 heterocycles. The van der Waals surface area contributed by atoms with E-state index in [1.165, 1.54) is 12.1 Å². The Morgan fingerprint density at radius 2 is 1.67 bits per heavy atom. The minimum absolute atomic E-state index is 0.0507. The number of halogens is 3. The maximum absolute atomic E-state index is 13.1. The number of H-pyrrole nitrogens is 1. The molecule has 1 amide bonds. The van der Waals surface area contributed by atoms with Gasteiger partial charge >= 0.3 is 5.51 Å². The molecule has 0 saturated heterocycles. The summed E-state index contributed by atoms with van der Waals surface area (Å²) in [4.78, 5) is 32.8. The van der Waals surface area contributed by atoms with Crippen LogP contribution in [0, 0.1) is 5.92 Å². The fraction of sp³-hybridized carbons (Fsp3) is 0.346. The summed E-state index contributed by atoms with van der Waals surface area (Å²) in [7, 11) is 1.57. The third-order valence-electron chi connectivity index (χ3n) is 5.80. The van der Waals surface area contributed by atoms with Crippen LogP contribution in [0.1, 0.15) is 61.2 Å². The summed E-state index contributed by atoms with van der Waals surface area (Å²) in [6.45, 7) is 7.53. The molecule has 0 aliphatic carbocycles. The van der Waals surface area contributed by atoms with E-state index in [0.29, 0.717) is 17.1 Å². The monoisotopic (exact) mass is 519 g/mol.